The maximum Gasteiger partial charge on any atom is 0.240 e. The number of amides is 1. The van der Waals surface area contributed by atoms with Gasteiger partial charge < -0.3 is 10.2 Å². The minimum Gasteiger partial charge on any atom is -0.339 e. The molecule has 2 rings (SSSR count). The Hall–Kier alpha value is -0.570. The molecule has 1 atom stereocenters. The molecule has 1 N–H and O–H groups in total. The van der Waals surface area contributed by atoms with Gasteiger partial charge in [-0.15, -0.1) is 0 Å². The van der Waals surface area contributed by atoms with Gasteiger partial charge in [-0.1, -0.05) is 12.8 Å². The molecular formula is C12H22N2O. The van der Waals surface area contributed by atoms with Crippen molar-refractivity contribution in [3.63, 3.8) is 0 Å². The first-order valence-corrected chi connectivity index (χ1v) is 6.25. The van der Waals surface area contributed by atoms with Crippen molar-refractivity contribution in [3.8, 4) is 0 Å². The average molecular weight is 210 g/mol. The molecule has 1 unspecified atom stereocenters. The van der Waals surface area contributed by atoms with Crippen LogP contribution in [0.15, 0.2) is 0 Å². The Labute approximate surface area is 92.2 Å². The number of rotatable bonds is 3. The van der Waals surface area contributed by atoms with Crippen LogP contribution in [0.1, 0.15) is 46.0 Å². The molecule has 0 spiro atoms. The summed E-state index contributed by atoms with van der Waals surface area (Å²) in [6.07, 6.45) is 6.16. The monoisotopic (exact) mass is 210 g/mol. The standard InChI is InChI=1S/C12H22N2O/c1-9(2)14-8-7-11(12(14)15)13-10-5-3-4-6-10/h9-11,13H,3-8H2,1-2H3. The summed E-state index contributed by atoms with van der Waals surface area (Å²) in [6, 6.07) is 1.06. The number of nitrogens with one attached hydrogen (secondary N) is 1. The summed E-state index contributed by atoms with van der Waals surface area (Å²) in [7, 11) is 0. The van der Waals surface area contributed by atoms with Crippen LogP contribution in [0.25, 0.3) is 0 Å². The quantitative estimate of drug-likeness (QED) is 0.766. The Morgan fingerprint density at radius 1 is 1.27 bits per heavy atom. The van der Waals surface area contributed by atoms with Crippen LogP contribution in [-0.2, 0) is 4.79 Å². The number of likely N-dealkylation sites (tertiary alicyclic amines) is 1. The minimum absolute atomic E-state index is 0.107. The molecule has 1 aliphatic heterocycles. The lowest BCUT2D eigenvalue weighted by molar-refractivity contribution is -0.130. The predicted molar refractivity (Wildman–Crippen MR) is 60.6 cm³/mol. The first-order valence-electron chi connectivity index (χ1n) is 6.25. The highest BCUT2D eigenvalue weighted by molar-refractivity contribution is 5.84. The molecule has 1 heterocycles. The van der Waals surface area contributed by atoms with Crippen LogP contribution >= 0.6 is 0 Å². The Balaban J connectivity index is 1.86. The van der Waals surface area contributed by atoms with Gasteiger partial charge in [0.1, 0.15) is 0 Å². The summed E-state index contributed by atoms with van der Waals surface area (Å²) in [6.45, 7) is 5.12. The molecule has 1 saturated heterocycles. The third-order valence-electron chi connectivity index (χ3n) is 3.66. The Morgan fingerprint density at radius 3 is 2.47 bits per heavy atom. The highest BCUT2D eigenvalue weighted by Gasteiger charge is 2.34. The van der Waals surface area contributed by atoms with Gasteiger partial charge in [0.2, 0.25) is 5.91 Å². The van der Waals surface area contributed by atoms with E-state index >= 15 is 0 Å². The molecule has 15 heavy (non-hydrogen) atoms. The van der Waals surface area contributed by atoms with Gasteiger partial charge in [0.15, 0.2) is 0 Å². The van der Waals surface area contributed by atoms with Crippen molar-refractivity contribution < 1.29 is 4.79 Å². The van der Waals surface area contributed by atoms with Crippen LogP contribution in [0.2, 0.25) is 0 Å². The van der Waals surface area contributed by atoms with E-state index in [-0.39, 0.29) is 6.04 Å². The van der Waals surface area contributed by atoms with E-state index in [2.05, 4.69) is 19.2 Å². The fraction of sp³-hybridized carbons (Fsp3) is 0.917. The van der Waals surface area contributed by atoms with Crippen LogP contribution in [0, 0.1) is 0 Å². The van der Waals surface area contributed by atoms with Crippen molar-refractivity contribution in [3.05, 3.63) is 0 Å². The zero-order valence-corrected chi connectivity index (χ0v) is 9.83. The number of carbonyl (C=O) groups is 1. The summed E-state index contributed by atoms with van der Waals surface area (Å²) in [5, 5.41) is 3.52. The summed E-state index contributed by atoms with van der Waals surface area (Å²) >= 11 is 0. The fourth-order valence-electron chi connectivity index (χ4n) is 2.75. The van der Waals surface area contributed by atoms with Crippen molar-refractivity contribution >= 4 is 5.91 Å². The lowest BCUT2D eigenvalue weighted by Gasteiger charge is -2.22. The molecule has 0 aromatic heterocycles. The van der Waals surface area contributed by atoms with E-state index in [9.17, 15) is 4.79 Å². The van der Waals surface area contributed by atoms with Crippen LogP contribution in [-0.4, -0.2) is 35.5 Å². The zero-order chi connectivity index (χ0) is 10.8. The molecule has 2 fully saturated rings. The molecule has 86 valence electrons. The van der Waals surface area contributed by atoms with Gasteiger partial charge in [-0.25, -0.2) is 0 Å². The van der Waals surface area contributed by atoms with E-state index in [4.69, 9.17) is 0 Å². The highest BCUT2D eigenvalue weighted by atomic mass is 16.2. The van der Waals surface area contributed by atoms with Crippen molar-refractivity contribution in [1.29, 1.82) is 0 Å². The van der Waals surface area contributed by atoms with Gasteiger partial charge >= 0.3 is 0 Å². The topological polar surface area (TPSA) is 32.3 Å². The van der Waals surface area contributed by atoms with Gasteiger partial charge in [-0.3, -0.25) is 4.79 Å². The molecule has 3 heteroatoms. The molecule has 1 amide bonds. The van der Waals surface area contributed by atoms with Gasteiger partial charge in [0.05, 0.1) is 6.04 Å². The molecule has 3 nitrogen and oxygen atoms in total. The van der Waals surface area contributed by atoms with Gasteiger partial charge in [0.25, 0.3) is 0 Å². The second-order valence-electron chi connectivity index (χ2n) is 5.11. The molecule has 0 bridgehead atoms. The van der Waals surface area contributed by atoms with Gasteiger partial charge in [0, 0.05) is 18.6 Å². The lowest BCUT2D eigenvalue weighted by Crippen LogP contribution is -2.44. The minimum atomic E-state index is 0.107. The van der Waals surface area contributed by atoms with E-state index in [1.54, 1.807) is 0 Å². The second kappa shape index (κ2) is 4.52. The highest BCUT2D eigenvalue weighted by Crippen LogP contribution is 2.21. The molecule has 0 radical (unpaired) electrons. The van der Waals surface area contributed by atoms with E-state index < -0.39 is 0 Å². The summed E-state index contributed by atoms with van der Waals surface area (Å²) in [4.78, 5) is 14.0. The van der Waals surface area contributed by atoms with Crippen LogP contribution in [0.5, 0.6) is 0 Å². The normalized spacial score (nSPS) is 28.3. The van der Waals surface area contributed by atoms with E-state index in [1.807, 2.05) is 4.90 Å². The molecular weight excluding hydrogens is 188 g/mol. The molecule has 0 aromatic carbocycles. The maximum absolute atomic E-state index is 12.0. The van der Waals surface area contributed by atoms with Crippen molar-refractivity contribution in [2.24, 2.45) is 0 Å². The van der Waals surface area contributed by atoms with Crippen LogP contribution < -0.4 is 5.32 Å². The number of nitrogens with zero attached hydrogens (tertiary/aromatic N) is 1. The summed E-state index contributed by atoms with van der Waals surface area (Å²) < 4.78 is 0. The maximum atomic E-state index is 12.0. The number of hydrogen-bond acceptors (Lipinski definition) is 2. The lowest BCUT2D eigenvalue weighted by atomic mass is 10.2. The molecule has 0 aromatic rings. The average Bonchev–Trinajstić information content (AvgIpc) is 2.78. The second-order valence-corrected chi connectivity index (χ2v) is 5.11. The van der Waals surface area contributed by atoms with Crippen LogP contribution in [0.4, 0.5) is 0 Å². The van der Waals surface area contributed by atoms with Crippen LogP contribution in [0.3, 0.4) is 0 Å². The van der Waals surface area contributed by atoms with Gasteiger partial charge in [-0.2, -0.15) is 0 Å². The molecule has 1 saturated carbocycles. The van der Waals surface area contributed by atoms with Crippen molar-refractivity contribution in [1.82, 2.24) is 10.2 Å². The summed E-state index contributed by atoms with van der Waals surface area (Å²) in [5.41, 5.74) is 0. The summed E-state index contributed by atoms with van der Waals surface area (Å²) in [5.74, 6) is 0.317. The smallest absolute Gasteiger partial charge is 0.240 e. The largest absolute Gasteiger partial charge is 0.339 e. The Bertz CT molecular complexity index is 234. The fourth-order valence-corrected chi connectivity index (χ4v) is 2.75. The number of hydrogen-bond donors (Lipinski definition) is 1. The molecule has 1 aliphatic carbocycles. The van der Waals surface area contributed by atoms with Crippen molar-refractivity contribution in [2.45, 2.75) is 64.1 Å². The first-order chi connectivity index (χ1) is 7.18. The Morgan fingerprint density at radius 2 is 1.93 bits per heavy atom. The zero-order valence-electron chi connectivity index (χ0n) is 9.83. The molecule has 2 aliphatic rings. The van der Waals surface area contributed by atoms with E-state index in [0.717, 1.165) is 13.0 Å². The van der Waals surface area contributed by atoms with Crippen molar-refractivity contribution in [2.75, 3.05) is 6.54 Å². The predicted octanol–water partition coefficient (Wildman–Crippen LogP) is 1.53. The first kappa shape index (κ1) is 10.9. The third-order valence-corrected chi connectivity index (χ3v) is 3.66. The Kier molecular flexibility index (Phi) is 3.29. The van der Waals surface area contributed by atoms with Gasteiger partial charge in [-0.05, 0) is 33.1 Å². The number of carbonyl (C=O) groups excluding carboxylic acids is 1. The van der Waals surface area contributed by atoms with E-state index in [0.29, 0.717) is 18.0 Å². The SMILES string of the molecule is CC(C)N1CCC(NC2CCCC2)C1=O. The third kappa shape index (κ3) is 2.33. The van der Waals surface area contributed by atoms with E-state index in [1.165, 1.54) is 25.7 Å².